The predicted molar refractivity (Wildman–Crippen MR) is 83.5 cm³/mol. The summed E-state index contributed by atoms with van der Waals surface area (Å²) in [5.74, 6) is -0.473. The average Bonchev–Trinajstić information content (AvgIpc) is 2.41. The highest BCUT2D eigenvalue weighted by atomic mass is 79.9. The van der Waals surface area contributed by atoms with E-state index in [0.717, 1.165) is 6.42 Å². The van der Waals surface area contributed by atoms with E-state index < -0.39 is 5.97 Å². The summed E-state index contributed by atoms with van der Waals surface area (Å²) in [6.45, 7) is 1.26. The Kier molecular flexibility index (Phi) is 6.98. The zero-order valence-electron chi connectivity index (χ0n) is 11.3. The molecule has 0 unspecified atom stereocenters. The molecule has 0 atom stereocenters. The first-order valence-electron chi connectivity index (χ1n) is 5.90. The molecular weight excluding hydrogens is 348 g/mol. The van der Waals surface area contributed by atoms with Crippen molar-refractivity contribution in [2.45, 2.75) is 6.42 Å². The molecule has 0 spiro atoms. The van der Waals surface area contributed by atoms with Crippen molar-refractivity contribution in [2.24, 2.45) is 0 Å². The van der Waals surface area contributed by atoms with Gasteiger partial charge in [0.1, 0.15) is 4.62 Å². The minimum absolute atomic E-state index is 0.146. The van der Waals surface area contributed by atoms with Gasteiger partial charge >= 0.3 is 5.97 Å². The number of hydrogen-bond donors (Lipinski definition) is 2. The molecule has 1 aromatic carbocycles. The molecule has 0 amide bonds. The number of anilines is 1. The van der Waals surface area contributed by atoms with Gasteiger partial charge < -0.3 is 14.8 Å². The van der Waals surface area contributed by atoms with Crippen LogP contribution in [0.4, 0.5) is 5.69 Å². The number of benzene rings is 1. The molecule has 0 aliphatic rings. The second kappa shape index (κ2) is 8.24. The van der Waals surface area contributed by atoms with Gasteiger partial charge in [0.05, 0.1) is 17.7 Å². The zero-order chi connectivity index (χ0) is 15.1. The Hall–Kier alpha value is -1.11. The molecule has 0 radical (unpaired) electrons. The number of ether oxygens (including phenoxy) is 2. The molecule has 5 nitrogen and oxygen atoms in total. The quantitative estimate of drug-likeness (QED) is 0.443. The molecule has 0 fully saturated rings. The molecule has 7 heteroatoms. The second-order valence-corrected chi connectivity index (χ2v) is 5.16. The van der Waals surface area contributed by atoms with E-state index in [2.05, 4.69) is 26.0 Å². The number of hydrogen-bond acceptors (Lipinski definition) is 5. The van der Waals surface area contributed by atoms with Crippen LogP contribution in [0.1, 0.15) is 22.3 Å². The fraction of sp³-hybridized carbons (Fsp3) is 0.385. The highest BCUT2D eigenvalue weighted by Gasteiger charge is 2.16. The van der Waals surface area contributed by atoms with Crippen LogP contribution in [-0.4, -0.2) is 38.0 Å². The van der Waals surface area contributed by atoms with Crippen LogP contribution in [0.25, 0.3) is 0 Å². The van der Waals surface area contributed by atoms with Crippen molar-refractivity contribution in [3.63, 3.8) is 0 Å². The van der Waals surface area contributed by atoms with Crippen LogP contribution >= 0.6 is 27.5 Å². The van der Waals surface area contributed by atoms with Gasteiger partial charge in [-0.05, 0) is 34.5 Å². The predicted octanol–water partition coefficient (Wildman–Crippen LogP) is 3.30. The van der Waals surface area contributed by atoms with E-state index in [1.165, 1.54) is 13.2 Å². The molecule has 1 rings (SSSR count). The summed E-state index contributed by atoms with van der Waals surface area (Å²) < 4.78 is 9.79. The van der Waals surface area contributed by atoms with Gasteiger partial charge in [-0.25, -0.2) is 4.79 Å². The Balaban J connectivity index is 3.05. The summed E-state index contributed by atoms with van der Waals surface area (Å²) in [5, 5.41) is 11.2. The Morgan fingerprint density at radius 3 is 2.70 bits per heavy atom. The molecule has 1 aromatic rings. The minimum Gasteiger partial charge on any atom is -0.465 e. The molecule has 0 saturated carbocycles. The fourth-order valence-electron chi connectivity index (χ4n) is 1.64. The molecule has 2 N–H and O–H groups in total. The third-order valence-electron chi connectivity index (χ3n) is 2.57. The van der Waals surface area contributed by atoms with Crippen molar-refractivity contribution < 1.29 is 14.3 Å². The molecular formula is C13H16BrClN2O3. The van der Waals surface area contributed by atoms with Crippen molar-refractivity contribution in [2.75, 3.05) is 32.7 Å². The summed E-state index contributed by atoms with van der Waals surface area (Å²) in [4.78, 5) is 11.6. The van der Waals surface area contributed by atoms with Crippen molar-refractivity contribution in [1.29, 1.82) is 5.41 Å². The van der Waals surface area contributed by atoms with E-state index >= 15 is 0 Å². The Labute approximate surface area is 131 Å². The van der Waals surface area contributed by atoms with Gasteiger partial charge in [-0.1, -0.05) is 11.6 Å². The Bertz CT molecular complexity index is 509. The van der Waals surface area contributed by atoms with Crippen LogP contribution in [0.15, 0.2) is 12.1 Å². The summed E-state index contributed by atoms with van der Waals surface area (Å²) in [5.41, 5.74) is 1.46. The second-order valence-electron chi connectivity index (χ2n) is 3.96. The zero-order valence-corrected chi connectivity index (χ0v) is 13.6. The summed E-state index contributed by atoms with van der Waals surface area (Å²) in [7, 11) is 2.94. The topological polar surface area (TPSA) is 71.4 Å². The molecule has 0 bridgehead atoms. The van der Waals surface area contributed by atoms with Gasteiger partial charge in [-0.15, -0.1) is 0 Å². The van der Waals surface area contributed by atoms with Gasteiger partial charge in [-0.3, -0.25) is 5.41 Å². The standard InChI is InChI=1S/C13H16BrClN2O3/c1-19-5-3-4-17-10-7-8(13(18)20-2)6-9(15)11(10)12(14)16/h6-7,16-17H,3-5H2,1-2H3. The Morgan fingerprint density at radius 2 is 2.15 bits per heavy atom. The van der Waals surface area contributed by atoms with Crippen molar-refractivity contribution in [3.8, 4) is 0 Å². The number of methoxy groups -OCH3 is 2. The van der Waals surface area contributed by atoms with Crippen LogP contribution < -0.4 is 5.32 Å². The van der Waals surface area contributed by atoms with Crippen molar-refractivity contribution in [3.05, 3.63) is 28.3 Å². The number of nitrogens with one attached hydrogen (secondary N) is 2. The number of carbonyl (C=O) groups is 1. The van der Waals surface area contributed by atoms with Crippen LogP contribution in [0.5, 0.6) is 0 Å². The SMILES string of the molecule is COCCCNc1cc(C(=O)OC)cc(Cl)c1C(=N)Br. The van der Waals surface area contributed by atoms with Gasteiger partial charge in [-0.2, -0.15) is 0 Å². The average molecular weight is 364 g/mol. The number of esters is 1. The normalized spacial score (nSPS) is 10.2. The van der Waals surface area contributed by atoms with Gasteiger partial charge in [0, 0.05) is 31.5 Å². The molecule has 0 saturated heterocycles. The van der Waals surface area contributed by atoms with E-state index in [-0.39, 0.29) is 4.62 Å². The maximum absolute atomic E-state index is 11.6. The molecule has 0 aromatic heterocycles. The largest absolute Gasteiger partial charge is 0.465 e. The smallest absolute Gasteiger partial charge is 0.337 e. The van der Waals surface area contributed by atoms with Crippen molar-refractivity contribution in [1.82, 2.24) is 0 Å². The maximum Gasteiger partial charge on any atom is 0.337 e. The molecule has 0 heterocycles. The monoisotopic (exact) mass is 362 g/mol. The summed E-state index contributed by atoms with van der Waals surface area (Å²) in [6.07, 6.45) is 0.797. The third kappa shape index (κ3) is 4.47. The van der Waals surface area contributed by atoms with Gasteiger partial charge in [0.15, 0.2) is 0 Å². The lowest BCUT2D eigenvalue weighted by atomic mass is 10.1. The summed E-state index contributed by atoms with van der Waals surface area (Å²) >= 11 is 9.23. The molecule has 20 heavy (non-hydrogen) atoms. The van der Waals surface area contributed by atoms with E-state index in [1.54, 1.807) is 13.2 Å². The first-order valence-corrected chi connectivity index (χ1v) is 7.07. The van der Waals surface area contributed by atoms with E-state index in [9.17, 15) is 4.79 Å². The molecule has 110 valence electrons. The fourth-order valence-corrected chi connectivity index (χ4v) is 2.50. The van der Waals surface area contributed by atoms with E-state index in [4.69, 9.17) is 21.7 Å². The van der Waals surface area contributed by atoms with Crippen LogP contribution in [0.2, 0.25) is 5.02 Å². The first kappa shape index (κ1) is 16.9. The van der Waals surface area contributed by atoms with E-state index in [0.29, 0.717) is 35.0 Å². The van der Waals surface area contributed by atoms with Crippen LogP contribution in [0.3, 0.4) is 0 Å². The van der Waals surface area contributed by atoms with Crippen LogP contribution in [0, 0.1) is 5.41 Å². The highest BCUT2D eigenvalue weighted by molar-refractivity contribution is 9.18. The van der Waals surface area contributed by atoms with Crippen LogP contribution in [-0.2, 0) is 9.47 Å². The van der Waals surface area contributed by atoms with Gasteiger partial charge in [0.2, 0.25) is 0 Å². The highest BCUT2D eigenvalue weighted by Crippen LogP contribution is 2.29. The minimum atomic E-state index is -0.473. The lowest BCUT2D eigenvalue weighted by molar-refractivity contribution is 0.0601. The number of rotatable bonds is 7. The number of carbonyl (C=O) groups excluding carboxylic acids is 1. The Morgan fingerprint density at radius 1 is 1.45 bits per heavy atom. The lowest BCUT2D eigenvalue weighted by Gasteiger charge is -2.14. The van der Waals surface area contributed by atoms with E-state index in [1.807, 2.05) is 0 Å². The van der Waals surface area contributed by atoms with Gasteiger partial charge in [0.25, 0.3) is 0 Å². The lowest BCUT2D eigenvalue weighted by Crippen LogP contribution is -2.10. The first-order chi connectivity index (χ1) is 9.51. The maximum atomic E-state index is 11.6. The third-order valence-corrected chi connectivity index (χ3v) is 3.27. The molecule has 0 aliphatic heterocycles. The molecule has 0 aliphatic carbocycles. The number of halogens is 2. The van der Waals surface area contributed by atoms with Crippen molar-refractivity contribution >= 4 is 43.8 Å². The summed E-state index contributed by atoms with van der Waals surface area (Å²) in [6, 6.07) is 3.11.